The van der Waals surface area contributed by atoms with Crippen molar-refractivity contribution in [3.05, 3.63) is 42.5 Å². The van der Waals surface area contributed by atoms with Crippen LogP contribution in [-0.2, 0) is 19.4 Å². The van der Waals surface area contributed by atoms with E-state index in [0.717, 1.165) is 10.8 Å². The van der Waals surface area contributed by atoms with Crippen molar-refractivity contribution in [3.8, 4) is 0 Å². The summed E-state index contributed by atoms with van der Waals surface area (Å²) in [6.45, 7) is 3.48. The summed E-state index contributed by atoms with van der Waals surface area (Å²) in [5.41, 5.74) is 0. The van der Waals surface area contributed by atoms with E-state index in [1.807, 2.05) is 24.3 Å². The van der Waals surface area contributed by atoms with Crippen molar-refractivity contribution in [1.82, 2.24) is 0 Å². The zero-order chi connectivity index (χ0) is 15.5. The van der Waals surface area contributed by atoms with Gasteiger partial charge in [-0.1, -0.05) is 30.3 Å². The average Bonchev–Trinajstić information content (AvgIpc) is 2.46. The lowest BCUT2D eigenvalue weighted by atomic mass is 10.1. The molecule has 0 aromatic heterocycles. The van der Waals surface area contributed by atoms with E-state index in [9.17, 15) is 13.2 Å². The average molecular weight is 306 g/mol. The predicted octanol–water partition coefficient (Wildman–Crippen LogP) is 2.96. The first-order chi connectivity index (χ1) is 9.95. The van der Waals surface area contributed by atoms with Gasteiger partial charge in [-0.25, -0.2) is 8.42 Å². The van der Waals surface area contributed by atoms with Crippen molar-refractivity contribution in [2.75, 3.05) is 6.61 Å². The molecule has 0 aliphatic carbocycles. The maximum absolute atomic E-state index is 12.5. The Morgan fingerprint density at radius 1 is 1.14 bits per heavy atom. The van der Waals surface area contributed by atoms with Crippen LogP contribution in [0.5, 0.6) is 0 Å². The monoisotopic (exact) mass is 306 g/mol. The molecular formula is C16H18O4S. The van der Waals surface area contributed by atoms with E-state index in [0.29, 0.717) is 0 Å². The van der Waals surface area contributed by atoms with Crippen molar-refractivity contribution in [2.45, 2.75) is 30.4 Å². The second-order valence-electron chi connectivity index (χ2n) is 4.87. The number of benzene rings is 2. The Morgan fingerprint density at radius 3 is 2.48 bits per heavy atom. The summed E-state index contributed by atoms with van der Waals surface area (Å²) >= 11 is 0. The predicted molar refractivity (Wildman–Crippen MR) is 81.8 cm³/mol. The summed E-state index contributed by atoms with van der Waals surface area (Å²) in [6, 6.07) is 12.6. The molecule has 0 N–H and O–H groups in total. The molecule has 0 aliphatic heterocycles. The highest BCUT2D eigenvalue weighted by atomic mass is 32.2. The number of sulfone groups is 1. The fourth-order valence-corrected chi connectivity index (χ4v) is 3.51. The Balaban J connectivity index is 2.30. The molecule has 0 saturated carbocycles. The molecule has 2 aromatic rings. The Labute approximate surface area is 124 Å². The summed E-state index contributed by atoms with van der Waals surface area (Å²) in [5.74, 6) is -0.491. The number of fused-ring (bicyclic) bond motifs is 1. The van der Waals surface area contributed by atoms with Gasteiger partial charge in [-0.05, 0) is 36.8 Å². The van der Waals surface area contributed by atoms with E-state index in [4.69, 9.17) is 4.74 Å². The minimum atomic E-state index is -3.54. The molecule has 1 atom stereocenters. The van der Waals surface area contributed by atoms with Crippen molar-refractivity contribution in [2.24, 2.45) is 0 Å². The number of carbonyl (C=O) groups is 1. The van der Waals surface area contributed by atoms with Crippen LogP contribution in [0.2, 0.25) is 0 Å². The molecule has 4 nitrogen and oxygen atoms in total. The summed E-state index contributed by atoms with van der Waals surface area (Å²) in [4.78, 5) is 11.7. The van der Waals surface area contributed by atoms with Crippen molar-refractivity contribution < 1.29 is 17.9 Å². The Hall–Kier alpha value is -1.88. The van der Waals surface area contributed by atoms with E-state index < -0.39 is 21.1 Å². The molecule has 0 bridgehead atoms. The van der Waals surface area contributed by atoms with E-state index in [2.05, 4.69) is 0 Å². The minimum Gasteiger partial charge on any atom is -0.466 e. The summed E-state index contributed by atoms with van der Waals surface area (Å²) in [6.07, 6.45) is -0.136. The highest BCUT2D eigenvalue weighted by Crippen LogP contribution is 2.23. The molecule has 5 heteroatoms. The van der Waals surface area contributed by atoms with Gasteiger partial charge in [0.05, 0.1) is 23.2 Å². The SMILES string of the molecule is CCOC(=O)CC(C)S(=O)(=O)c1ccc2ccccc2c1. The Kier molecular flexibility index (Phi) is 4.63. The molecule has 0 aliphatic rings. The molecule has 0 saturated heterocycles. The highest BCUT2D eigenvalue weighted by Gasteiger charge is 2.26. The van der Waals surface area contributed by atoms with Gasteiger partial charge in [-0.2, -0.15) is 0 Å². The molecule has 0 fully saturated rings. The van der Waals surface area contributed by atoms with Crippen molar-refractivity contribution in [3.63, 3.8) is 0 Å². The molecule has 21 heavy (non-hydrogen) atoms. The number of hydrogen-bond acceptors (Lipinski definition) is 4. The molecule has 2 aromatic carbocycles. The normalized spacial score (nSPS) is 13.0. The molecule has 0 heterocycles. The summed E-state index contributed by atoms with van der Waals surface area (Å²) < 4.78 is 29.8. The number of carbonyl (C=O) groups excluding carboxylic acids is 1. The third-order valence-corrected chi connectivity index (χ3v) is 5.48. The van der Waals surface area contributed by atoms with Crippen LogP contribution in [0, 0.1) is 0 Å². The first kappa shape index (κ1) is 15.5. The van der Waals surface area contributed by atoms with Crippen LogP contribution in [0.4, 0.5) is 0 Å². The Morgan fingerprint density at radius 2 is 1.81 bits per heavy atom. The van der Waals surface area contributed by atoms with Gasteiger partial charge in [0, 0.05) is 0 Å². The lowest BCUT2D eigenvalue weighted by Gasteiger charge is -2.13. The largest absolute Gasteiger partial charge is 0.466 e. The maximum atomic E-state index is 12.5. The lowest BCUT2D eigenvalue weighted by Crippen LogP contribution is -2.22. The lowest BCUT2D eigenvalue weighted by molar-refractivity contribution is -0.143. The topological polar surface area (TPSA) is 60.4 Å². The minimum absolute atomic E-state index is 0.136. The second-order valence-corrected chi connectivity index (χ2v) is 7.24. The van der Waals surface area contributed by atoms with Gasteiger partial charge in [-0.15, -0.1) is 0 Å². The van der Waals surface area contributed by atoms with E-state index in [-0.39, 0.29) is 17.9 Å². The van der Waals surface area contributed by atoms with Gasteiger partial charge in [-0.3, -0.25) is 4.79 Å². The van der Waals surface area contributed by atoms with E-state index >= 15 is 0 Å². The van der Waals surface area contributed by atoms with Gasteiger partial charge >= 0.3 is 5.97 Å². The maximum Gasteiger partial charge on any atom is 0.307 e. The number of rotatable bonds is 5. The molecule has 2 rings (SSSR count). The van der Waals surface area contributed by atoms with Crippen LogP contribution in [-0.4, -0.2) is 26.2 Å². The van der Waals surface area contributed by atoms with Crippen LogP contribution in [0.1, 0.15) is 20.3 Å². The third-order valence-electron chi connectivity index (χ3n) is 3.34. The first-order valence-electron chi connectivity index (χ1n) is 6.83. The molecule has 0 amide bonds. The van der Waals surface area contributed by atoms with Crippen LogP contribution in [0.3, 0.4) is 0 Å². The van der Waals surface area contributed by atoms with E-state index in [1.54, 1.807) is 25.1 Å². The number of ether oxygens (including phenoxy) is 1. The van der Waals surface area contributed by atoms with Crippen LogP contribution >= 0.6 is 0 Å². The molecule has 0 spiro atoms. The molecular weight excluding hydrogens is 288 g/mol. The highest BCUT2D eigenvalue weighted by molar-refractivity contribution is 7.92. The zero-order valence-electron chi connectivity index (χ0n) is 12.1. The summed E-state index contributed by atoms with van der Waals surface area (Å²) in [5, 5.41) is 1.04. The summed E-state index contributed by atoms with van der Waals surface area (Å²) in [7, 11) is -3.54. The van der Waals surface area contributed by atoms with E-state index in [1.165, 1.54) is 6.92 Å². The standard InChI is InChI=1S/C16H18O4S/c1-3-20-16(17)10-12(2)21(18,19)15-9-8-13-6-4-5-7-14(13)11-15/h4-9,11-12H,3,10H2,1-2H3. The molecule has 1 unspecified atom stereocenters. The first-order valence-corrected chi connectivity index (χ1v) is 8.38. The fourth-order valence-electron chi connectivity index (χ4n) is 2.14. The van der Waals surface area contributed by atoms with Crippen LogP contribution in [0.15, 0.2) is 47.4 Å². The smallest absolute Gasteiger partial charge is 0.307 e. The third kappa shape index (κ3) is 3.42. The van der Waals surface area contributed by atoms with Gasteiger partial charge in [0.25, 0.3) is 0 Å². The Bertz CT molecular complexity index is 750. The van der Waals surface area contributed by atoms with Gasteiger partial charge in [0.2, 0.25) is 0 Å². The van der Waals surface area contributed by atoms with Gasteiger partial charge in [0.15, 0.2) is 9.84 Å². The van der Waals surface area contributed by atoms with Crippen molar-refractivity contribution in [1.29, 1.82) is 0 Å². The van der Waals surface area contributed by atoms with Gasteiger partial charge in [0.1, 0.15) is 0 Å². The number of esters is 1. The quantitative estimate of drug-likeness (QED) is 0.797. The number of hydrogen-bond donors (Lipinski definition) is 0. The van der Waals surface area contributed by atoms with Crippen LogP contribution in [0.25, 0.3) is 10.8 Å². The van der Waals surface area contributed by atoms with Gasteiger partial charge < -0.3 is 4.74 Å². The van der Waals surface area contributed by atoms with Crippen molar-refractivity contribution >= 4 is 26.6 Å². The zero-order valence-corrected chi connectivity index (χ0v) is 12.9. The second kappa shape index (κ2) is 6.26. The molecule has 0 radical (unpaired) electrons. The van der Waals surface area contributed by atoms with Crippen LogP contribution < -0.4 is 0 Å². The molecule has 112 valence electrons. The fraction of sp³-hybridized carbons (Fsp3) is 0.312.